The number of anilines is 1. The van der Waals surface area contributed by atoms with E-state index in [2.05, 4.69) is 22.1 Å². The zero-order chi connectivity index (χ0) is 17.8. The van der Waals surface area contributed by atoms with Crippen LogP contribution in [-0.2, 0) is 17.8 Å². The summed E-state index contributed by atoms with van der Waals surface area (Å²) < 4.78 is 2.26. The third-order valence-electron chi connectivity index (χ3n) is 5.89. The van der Waals surface area contributed by atoms with Crippen molar-refractivity contribution in [2.75, 3.05) is 5.32 Å². The molecular formula is C22H29N3O. The standard InChI is InChI=1S/C22H29N3O/c26-22(14-13-17-8-2-1-3-9-17)24-19-11-5-4-10-18(19)20-16-25-15-7-6-12-21(25)23-20/h4-5,10-11,16-17H,1-3,6-9,12-15H2,(H,24,26). The number of amides is 1. The fourth-order valence-electron chi connectivity index (χ4n) is 4.38. The maximum Gasteiger partial charge on any atom is 0.224 e. The molecule has 0 unspecified atom stereocenters. The van der Waals surface area contributed by atoms with Gasteiger partial charge in [0.2, 0.25) is 5.91 Å². The number of benzene rings is 1. The summed E-state index contributed by atoms with van der Waals surface area (Å²) in [5.74, 6) is 2.04. The first kappa shape index (κ1) is 17.3. The maximum absolute atomic E-state index is 12.5. The largest absolute Gasteiger partial charge is 0.334 e. The van der Waals surface area contributed by atoms with Crippen molar-refractivity contribution < 1.29 is 4.79 Å². The van der Waals surface area contributed by atoms with Crippen molar-refractivity contribution in [1.82, 2.24) is 9.55 Å². The molecule has 2 heterocycles. The average Bonchev–Trinajstić information content (AvgIpc) is 3.12. The van der Waals surface area contributed by atoms with Gasteiger partial charge >= 0.3 is 0 Å². The van der Waals surface area contributed by atoms with E-state index >= 15 is 0 Å². The number of rotatable bonds is 5. The lowest BCUT2D eigenvalue weighted by Crippen LogP contribution is -2.15. The van der Waals surface area contributed by atoms with Gasteiger partial charge in [0.15, 0.2) is 0 Å². The van der Waals surface area contributed by atoms with E-state index in [1.54, 1.807) is 0 Å². The lowest BCUT2D eigenvalue weighted by Gasteiger charge is -2.21. The number of aryl methyl sites for hydroxylation is 2. The van der Waals surface area contributed by atoms with Crippen LogP contribution in [0.4, 0.5) is 5.69 Å². The van der Waals surface area contributed by atoms with Crippen LogP contribution in [0.1, 0.15) is 63.6 Å². The number of carbonyl (C=O) groups excluding carboxylic acids is 1. The van der Waals surface area contributed by atoms with Crippen molar-refractivity contribution in [3.05, 3.63) is 36.3 Å². The normalized spacial score (nSPS) is 17.7. The summed E-state index contributed by atoms with van der Waals surface area (Å²) in [6.07, 6.45) is 13.9. The summed E-state index contributed by atoms with van der Waals surface area (Å²) in [6, 6.07) is 8.05. The van der Waals surface area contributed by atoms with Gasteiger partial charge in [0.25, 0.3) is 0 Å². The minimum absolute atomic E-state index is 0.131. The molecule has 1 aliphatic heterocycles. The van der Waals surface area contributed by atoms with E-state index < -0.39 is 0 Å². The highest BCUT2D eigenvalue weighted by Crippen LogP contribution is 2.30. The highest BCUT2D eigenvalue weighted by Gasteiger charge is 2.17. The summed E-state index contributed by atoms with van der Waals surface area (Å²) in [5, 5.41) is 3.14. The van der Waals surface area contributed by atoms with Gasteiger partial charge in [-0.25, -0.2) is 4.98 Å². The van der Waals surface area contributed by atoms with Crippen LogP contribution in [-0.4, -0.2) is 15.5 Å². The quantitative estimate of drug-likeness (QED) is 0.806. The number of nitrogens with one attached hydrogen (secondary N) is 1. The lowest BCUT2D eigenvalue weighted by molar-refractivity contribution is -0.116. The van der Waals surface area contributed by atoms with Gasteiger partial charge in [0.1, 0.15) is 5.82 Å². The third-order valence-corrected chi connectivity index (χ3v) is 5.89. The summed E-state index contributed by atoms with van der Waals surface area (Å²) in [4.78, 5) is 17.3. The van der Waals surface area contributed by atoms with Gasteiger partial charge in [0.05, 0.1) is 11.4 Å². The van der Waals surface area contributed by atoms with Crippen LogP contribution in [0, 0.1) is 5.92 Å². The van der Waals surface area contributed by atoms with E-state index in [9.17, 15) is 4.79 Å². The van der Waals surface area contributed by atoms with Crippen LogP contribution in [0.3, 0.4) is 0 Å². The molecule has 1 N–H and O–H groups in total. The number of nitrogens with zero attached hydrogens (tertiary/aromatic N) is 2. The predicted octanol–water partition coefficient (Wildman–Crippen LogP) is 5.19. The second kappa shape index (κ2) is 8.07. The minimum atomic E-state index is 0.131. The Morgan fingerprint density at radius 2 is 1.96 bits per heavy atom. The molecule has 1 amide bonds. The van der Waals surface area contributed by atoms with Crippen LogP contribution < -0.4 is 5.32 Å². The molecule has 2 aliphatic rings. The molecule has 0 radical (unpaired) electrons. The Morgan fingerprint density at radius 1 is 1.12 bits per heavy atom. The summed E-state index contributed by atoms with van der Waals surface area (Å²) in [5.41, 5.74) is 2.89. The fraction of sp³-hybridized carbons (Fsp3) is 0.545. The first-order valence-corrected chi connectivity index (χ1v) is 10.2. The van der Waals surface area contributed by atoms with E-state index in [1.807, 2.05) is 18.2 Å². The lowest BCUT2D eigenvalue weighted by atomic mass is 9.86. The van der Waals surface area contributed by atoms with Crippen LogP contribution in [0.5, 0.6) is 0 Å². The molecular weight excluding hydrogens is 322 g/mol. The van der Waals surface area contributed by atoms with Crippen molar-refractivity contribution in [3.63, 3.8) is 0 Å². The Kier molecular flexibility index (Phi) is 5.37. The number of hydrogen-bond acceptors (Lipinski definition) is 2. The fourth-order valence-corrected chi connectivity index (χ4v) is 4.38. The molecule has 1 aromatic heterocycles. The van der Waals surface area contributed by atoms with Crippen molar-refractivity contribution in [3.8, 4) is 11.3 Å². The van der Waals surface area contributed by atoms with Crippen LogP contribution >= 0.6 is 0 Å². The van der Waals surface area contributed by atoms with Gasteiger partial charge in [-0.3, -0.25) is 4.79 Å². The zero-order valence-corrected chi connectivity index (χ0v) is 15.5. The number of hydrogen-bond donors (Lipinski definition) is 1. The molecule has 1 aliphatic carbocycles. The summed E-state index contributed by atoms with van der Waals surface area (Å²) >= 11 is 0. The second-order valence-corrected chi connectivity index (χ2v) is 7.83. The van der Waals surface area contributed by atoms with Crippen LogP contribution in [0.2, 0.25) is 0 Å². The van der Waals surface area contributed by atoms with Crippen molar-refractivity contribution >= 4 is 11.6 Å². The van der Waals surface area contributed by atoms with E-state index in [0.717, 1.165) is 42.2 Å². The molecule has 1 aromatic carbocycles. The second-order valence-electron chi connectivity index (χ2n) is 7.83. The molecule has 26 heavy (non-hydrogen) atoms. The molecule has 4 heteroatoms. The minimum Gasteiger partial charge on any atom is -0.334 e. The van der Waals surface area contributed by atoms with E-state index in [-0.39, 0.29) is 5.91 Å². The molecule has 0 spiro atoms. The average molecular weight is 351 g/mol. The van der Waals surface area contributed by atoms with E-state index in [1.165, 1.54) is 50.8 Å². The molecule has 1 saturated carbocycles. The zero-order valence-electron chi connectivity index (χ0n) is 15.5. The first-order valence-electron chi connectivity index (χ1n) is 10.2. The Balaban J connectivity index is 1.43. The number of para-hydroxylation sites is 1. The Bertz CT molecular complexity index is 735. The van der Waals surface area contributed by atoms with Crippen LogP contribution in [0.15, 0.2) is 30.5 Å². The monoisotopic (exact) mass is 351 g/mol. The maximum atomic E-state index is 12.5. The van der Waals surface area contributed by atoms with Crippen molar-refractivity contribution in [2.45, 2.75) is 70.8 Å². The summed E-state index contributed by atoms with van der Waals surface area (Å²) in [7, 11) is 0. The Morgan fingerprint density at radius 3 is 2.81 bits per heavy atom. The number of aromatic nitrogens is 2. The topological polar surface area (TPSA) is 46.9 Å². The van der Waals surface area contributed by atoms with Gasteiger partial charge in [0, 0.05) is 31.1 Å². The highest BCUT2D eigenvalue weighted by atomic mass is 16.1. The Labute approximate surface area is 156 Å². The summed E-state index contributed by atoms with van der Waals surface area (Å²) in [6.45, 7) is 1.05. The number of imidazole rings is 1. The Hall–Kier alpha value is -2.10. The third kappa shape index (κ3) is 4.00. The van der Waals surface area contributed by atoms with Gasteiger partial charge < -0.3 is 9.88 Å². The molecule has 0 saturated heterocycles. The SMILES string of the molecule is O=C(CCC1CCCCC1)Nc1ccccc1-c1cn2c(n1)CCCC2. The van der Waals surface area contributed by atoms with Crippen molar-refractivity contribution in [1.29, 1.82) is 0 Å². The first-order chi connectivity index (χ1) is 12.8. The van der Waals surface area contributed by atoms with Crippen LogP contribution in [0.25, 0.3) is 11.3 Å². The molecule has 138 valence electrons. The predicted molar refractivity (Wildman–Crippen MR) is 105 cm³/mol. The molecule has 4 rings (SSSR count). The molecule has 4 nitrogen and oxygen atoms in total. The number of fused-ring (bicyclic) bond motifs is 1. The van der Waals surface area contributed by atoms with Gasteiger partial charge in [-0.1, -0.05) is 50.3 Å². The molecule has 0 bridgehead atoms. The van der Waals surface area contributed by atoms with Gasteiger partial charge in [-0.15, -0.1) is 0 Å². The molecule has 1 fully saturated rings. The van der Waals surface area contributed by atoms with E-state index in [4.69, 9.17) is 4.98 Å². The smallest absolute Gasteiger partial charge is 0.224 e. The van der Waals surface area contributed by atoms with Gasteiger partial charge in [-0.05, 0) is 31.2 Å². The van der Waals surface area contributed by atoms with E-state index in [0.29, 0.717) is 6.42 Å². The van der Waals surface area contributed by atoms with Crippen molar-refractivity contribution in [2.24, 2.45) is 5.92 Å². The molecule has 2 aromatic rings. The van der Waals surface area contributed by atoms with Gasteiger partial charge in [-0.2, -0.15) is 0 Å². The number of carbonyl (C=O) groups is 1. The highest BCUT2D eigenvalue weighted by molar-refractivity contribution is 5.95. The molecule has 0 atom stereocenters.